The molecule has 0 atom stereocenters. The molecular weight excluding hydrogens is 280 g/mol. The summed E-state index contributed by atoms with van der Waals surface area (Å²) in [6, 6.07) is 5.78. The zero-order valence-corrected chi connectivity index (χ0v) is 13.3. The Bertz CT molecular complexity index is 647. The Morgan fingerprint density at radius 1 is 0.636 bits per heavy atom. The molecule has 4 heteroatoms. The Balaban J connectivity index is 2.79. The van der Waals surface area contributed by atoms with Crippen molar-refractivity contribution in [3.05, 3.63) is 46.5 Å². The monoisotopic (exact) mass is 302 g/mol. The van der Waals surface area contributed by atoms with Crippen LogP contribution in [0.1, 0.15) is 42.0 Å². The summed E-state index contributed by atoms with van der Waals surface area (Å²) in [5.41, 5.74) is 2.28. The van der Waals surface area contributed by atoms with E-state index in [0.717, 1.165) is 0 Å². The van der Waals surface area contributed by atoms with Crippen molar-refractivity contribution in [1.82, 2.24) is 0 Å². The number of benzene rings is 2. The van der Waals surface area contributed by atoms with Gasteiger partial charge in [-0.15, -0.1) is 0 Å². The van der Waals surface area contributed by atoms with Gasteiger partial charge in [-0.05, 0) is 55.2 Å². The van der Waals surface area contributed by atoms with Gasteiger partial charge in [0.2, 0.25) is 0 Å². The zero-order valence-electron chi connectivity index (χ0n) is 13.3. The standard InChI is InChI=1S/C18H22O4/c1-9(2)16(17-10(3)12(19)5-7-14(17)21)18-11(4)13(20)6-8-15(18)22/h5-9,16,19-22H,1-4H3. The Morgan fingerprint density at radius 3 is 1.27 bits per heavy atom. The van der Waals surface area contributed by atoms with Crippen LogP contribution >= 0.6 is 0 Å². The van der Waals surface area contributed by atoms with Gasteiger partial charge < -0.3 is 20.4 Å². The van der Waals surface area contributed by atoms with E-state index in [4.69, 9.17) is 0 Å². The number of hydrogen-bond acceptors (Lipinski definition) is 4. The highest BCUT2D eigenvalue weighted by molar-refractivity contribution is 5.57. The van der Waals surface area contributed by atoms with Gasteiger partial charge in [0.15, 0.2) is 0 Å². The molecule has 2 aromatic rings. The van der Waals surface area contributed by atoms with Crippen molar-refractivity contribution in [3.8, 4) is 23.0 Å². The maximum Gasteiger partial charge on any atom is 0.119 e. The molecule has 0 saturated heterocycles. The fourth-order valence-electron chi connectivity index (χ4n) is 3.00. The van der Waals surface area contributed by atoms with E-state index in [1.165, 1.54) is 24.3 Å². The van der Waals surface area contributed by atoms with E-state index in [0.29, 0.717) is 22.3 Å². The summed E-state index contributed by atoms with van der Waals surface area (Å²) >= 11 is 0. The second kappa shape index (κ2) is 5.79. The predicted molar refractivity (Wildman–Crippen MR) is 85.7 cm³/mol. The number of phenolic OH excluding ortho intramolecular Hbond substituents is 4. The molecule has 4 N–H and O–H groups in total. The predicted octanol–water partition coefficient (Wildman–Crippen LogP) is 3.91. The van der Waals surface area contributed by atoms with Gasteiger partial charge in [-0.1, -0.05) is 13.8 Å². The molecule has 0 radical (unpaired) electrons. The SMILES string of the molecule is Cc1c(O)ccc(O)c1C(c1c(O)ccc(O)c1C)C(C)C. The number of aromatic hydroxyl groups is 4. The molecule has 0 aliphatic rings. The van der Waals surface area contributed by atoms with Crippen molar-refractivity contribution in [1.29, 1.82) is 0 Å². The van der Waals surface area contributed by atoms with Gasteiger partial charge in [0.05, 0.1) is 0 Å². The van der Waals surface area contributed by atoms with Crippen molar-refractivity contribution in [2.24, 2.45) is 5.92 Å². The van der Waals surface area contributed by atoms with Crippen LogP contribution in [0.5, 0.6) is 23.0 Å². The largest absolute Gasteiger partial charge is 0.508 e. The summed E-state index contributed by atoms with van der Waals surface area (Å²) in [4.78, 5) is 0. The normalized spacial score (nSPS) is 11.4. The van der Waals surface area contributed by atoms with E-state index in [2.05, 4.69) is 0 Å². The van der Waals surface area contributed by atoms with E-state index >= 15 is 0 Å². The zero-order chi connectivity index (χ0) is 16.6. The highest BCUT2D eigenvalue weighted by Gasteiger charge is 2.29. The first kappa shape index (κ1) is 16.0. The minimum absolute atomic E-state index is 0.0396. The Labute approximate surface area is 130 Å². The van der Waals surface area contributed by atoms with Gasteiger partial charge in [-0.2, -0.15) is 0 Å². The molecular formula is C18H22O4. The lowest BCUT2D eigenvalue weighted by Crippen LogP contribution is -2.12. The van der Waals surface area contributed by atoms with Crippen LogP contribution in [0.2, 0.25) is 0 Å². The maximum absolute atomic E-state index is 10.3. The third-order valence-electron chi connectivity index (χ3n) is 4.22. The molecule has 0 amide bonds. The summed E-state index contributed by atoms with van der Waals surface area (Å²) < 4.78 is 0. The molecule has 2 aromatic carbocycles. The number of phenols is 4. The van der Waals surface area contributed by atoms with E-state index in [-0.39, 0.29) is 34.8 Å². The summed E-state index contributed by atoms with van der Waals surface area (Å²) in [5.74, 6) is 0.00998. The quantitative estimate of drug-likeness (QED) is 0.648. The van der Waals surface area contributed by atoms with Crippen LogP contribution in [0.25, 0.3) is 0 Å². The van der Waals surface area contributed by atoms with E-state index < -0.39 is 0 Å². The summed E-state index contributed by atoms with van der Waals surface area (Å²) in [6.07, 6.45) is 0. The molecule has 0 saturated carbocycles. The van der Waals surface area contributed by atoms with E-state index in [1.54, 1.807) is 13.8 Å². The molecule has 118 valence electrons. The number of hydrogen-bond donors (Lipinski definition) is 4. The average molecular weight is 302 g/mol. The van der Waals surface area contributed by atoms with Gasteiger partial charge in [-0.3, -0.25) is 0 Å². The molecule has 0 bridgehead atoms. The highest BCUT2D eigenvalue weighted by atomic mass is 16.3. The van der Waals surface area contributed by atoms with Gasteiger partial charge in [0.25, 0.3) is 0 Å². The van der Waals surface area contributed by atoms with Crippen LogP contribution in [0, 0.1) is 19.8 Å². The molecule has 0 aliphatic carbocycles. The van der Waals surface area contributed by atoms with Crippen LogP contribution in [0.3, 0.4) is 0 Å². The van der Waals surface area contributed by atoms with Crippen LogP contribution in [-0.2, 0) is 0 Å². The van der Waals surface area contributed by atoms with Crippen LogP contribution in [-0.4, -0.2) is 20.4 Å². The minimum Gasteiger partial charge on any atom is -0.508 e. The third-order valence-corrected chi connectivity index (χ3v) is 4.22. The first-order valence-electron chi connectivity index (χ1n) is 7.28. The molecule has 0 aromatic heterocycles. The summed E-state index contributed by atoms with van der Waals surface area (Å²) in [7, 11) is 0. The van der Waals surface area contributed by atoms with Crippen LogP contribution in [0.4, 0.5) is 0 Å². The van der Waals surface area contributed by atoms with Crippen molar-refractivity contribution in [2.75, 3.05) is 0 Å². The fraction of sp³-hybridized carbons (Fsp3) is 0.333. The molecule has 22 heavy (non-hydrogen) atoms. The van der Waals surface area contributed by atoms with Gasteiger partial charge >= 0.3 is 0 Å². The maximum atomic E-state index is 10.3. The third kappa shape index (κ3) is 2.56. The lowest BCUT2D eigenvalue weighted by atomic mass is 9.78. The summed E-state index contributed by atoms with van der Waals surface area (Å²) in [6.45, 7) is 7.40. The fourth-order valence-corrected chi connectivity index (χ4v) is 3.00. The minimum atomic E-state index is -0.348. The topological polar surface area (TPSA) is 80.9 Å². The Morgan fingerprint density at radius 2 is 0.955 bits per heavy atom. The first-order chi connectivity index (χ1) is 10.3. The first-order valence-corrected chi connectivity index (χ1v) is 7.28. The average Bonchev–Trinajstić information content (AvgIpc) is 2.45. The lowest BCUT2D eigenvalue weighted by Gasteiger charge is -2.27. The van der Waals surface area contributed by atoms with E-state index in [1.807, 2.05) is 13.8 Å². The van der Waals surface area contributed by atoms with E-state index in [9.17, 15) is 20.4 Å². The number of rotatable bonds is 3. The lowest BCUT2D eigenvalue weighted by molar-refractivity contribution is 0.420. The summed E-state index contributed by atoms with van der Waals surface area (Å²) in [5, 5.41) is 40.5. The van der Waals surface area contributed by atoms with Crippen molar-refractivity contribution < 1.29 is 20.4 Å². The molecule has 0 heterocycles. The van der Waals surface area contributed by atoms with Crippen molar-refractivity contribution in [2.45, 2.75) is 33.6 Å². The Kier molecular flexibility index (Phi) is 4.22. The van der Waals surface area contributed by atoms with Crippen molar-refractivity contribution in [3.63, 3.8) is 0 Å². The molecule has 0 spiro atoms. The molecule has 0 aliphatic heterocycles. The van der Waals surface area contributed by atoms with Crippen molar-refractivity contribution >= 4 is 0 Å². The van der Waals surface area contributed by atoms with Crippen LogP contribution < -0.4 is 0 Å². The second-order valence-electron chi connectivity index (χ2n) is 6.01. The smallest absolute Gasteiger partial charge is 0.119 e. The highest BCUT2D eigenvalue weighted by Crippen LogP contribution is 2.46. The second-order valence-corrected chi connectivity index (χ2v) is 6.01. The Hall–Kier alpha value is -2.36. The van der Waals surface area contributed by atoms with Gasteiger partial charge in [-0.25, -0.2) is 0 Å². The molecule has 2 rings (SSSR count). The van der Waals surface area contributed by atoms with Gasteiger partial charge in [0, 0.05) is 17.0 Å². The molecule has 4 nitrogen and oxygen atoms in total. The van der Waals surface area contributed by atoms with Crippen LogP contribution in [0.15, 0.2) is 24.3 Å². The van der Waals surface area contributed by atoms with Gasteiger partial charge in [0.1, 0.15) is 23.0 Å². The molecule has 0 fully saturated rings. The molecule has 0 unspecified atom stereocenters.